The van der Waals surface area contributed by atoms with Crippen molar-refractivity contribution in [2.75, 3.05) is 19.4 Å². The Balaban J connectivity index is 2.24. The predicted molar refractivity (Wildman–Crippen MR) is 83.0 cm³/mol. The van der Waals surface area contributed by atoms with Gasteiger partial charge in [0.1, 0.15) is 5.82 Å². The number of rotatable bonds is 4. The molecule has 0 atom stereocenters. The Hall–Kier alpha value is -2.72. The monoisotopic (exact) mass is 338 g/mol. The number of anilines is 1. The van der Waals surface area contributed by atoms with Gasteiger partial charge in [0.25, 0.3) is 11.5 Å². The highest BCUT2D eigenvalue weighted by molar-refractivity contribution is 7.89. The molecule has 2 aromatic rings. The van der Waals surface area contributed by atoms with Crippen molar-refractivity contribution < 1.29 is 13.2 Å². The molecule has 0 spiro atoms. The van der Waals surface area contributed by atoms with E-state index in [-0.39, 0.29) is 16.3 Å². The summed E-state index contributed by atoms with van der Waals surface area (Å²) >= 11 is 0. The van der Waals surface area contributed by atoms with Crippen LogP contribution in [0.2, 0.25) is 0 Å². The van der Waals surface area contributed by atoms with Crippen LogP contribution in [0.3, 0.4) is 0 Å². The summed E-state index contributed by atoms with van der Waals surface area (Å²) < 4.78 is 24.9. The Labute approximate surface area is 131 Å². The van der Waals surface area contributed by atoms with E-state index >= 15 is 0 Å². The molecule has 10 heteroatoms. The summed E-state index contributed by atoms with van der Waals surface area (Å²) in [5, 5.41) is 2.35. The molecule has 0 aliphatic rings. The van der Waals surface area contributed by atoms with Crippen LogP contribution in [0.4, 0.5) is 5.82 Å². The Morgan fingerprint density at radius 1 is 1.09 bits per heavy atom. The van der Waals surface area contributed by atoms with E-state index in [2.05, 4.69) is 10.3 Å². The van der Waals surface area contributed by atoms with Gasteiger partial charge < -0.3 is 5.32 Å². The van der Waals surface area contributed by atoms with E-state index in [1.165, 1.54) is 38.4 Å². The van der Waals surface area contributed by atoms with Crippen LogP contribution in [-0.4, -0.2) is 42.7 Å². The number of aromatic amines is 2. The van der Waals surface area contributed by atoms with E-state index in [0.717, 1.165) is 10.4 Å². The van der Waals surface area contributed by atoms with Crippen LogP contribution >= 0.6 is 0 Å². The van der Waals surface area contributed by atoms with Crippen LogP contribution in [0.5, 0.6) is 0 Å². The predicted octanol–water partition coefficient (Wildman–Crippen LogP) is -0.434. The molecule has 9 nitrogen and oxygen atoms in total. The fraction of sp³-hybridized carbons (Fsp3) is 0.154. The van der Waals surface area contributed by atoms with Gasteiger partial charge in [0.15, 0.2) is 0 Å². The summed E-state index contributed by atoms with van der Waals surface area (Å²) in [6.07, 6.45) is 0. The standard InChI is InChI=1S/C13H14N4O5S/c1-17(2)23(21,22)9-5-3-8(4-6-9)12(19)14-10-7-11(18)16-13(20)15-10/h3-7H,1-2H3,(H3,14,15,16,18,19,20). The third kappa shape index (κ3) is 3.73. The lowest BCUT2D eigenvalue weighted by Gasteiger charge is -2.11. The minimum atomic E-state index is -3.58. The summed E-state index contributed by atoms with van der Waals surface area (Å²) in [6, 6.07) is 6.27. The number of carbonyl (C=O) groups is 1. The maximum Gasteiger partial charge on any atom is 0.327 e. The Morgan fingerprint density at radius 2 is 1.70 bits per heavy atom. The third-order valence-electron chi connectivity index (χ3n) is 2.90. The van der Waals surface area contributed by atoms with Crippen LogP contribution in [0.1, 0.15) is 10.4 Å². The first-order chi connectivity index (χ1) is 10.7. The molecule has 0 aliphatic carbocycles. The Morgan fingerprint density at radius 3 is 2.22 bits per heavy atom. The van der Waals surface area contributed by atoms with Gasteiger partial charge in [-0.3, -0.25) is 19.6 Å². The number of nitrogens with zero attached hydrogens (tertiary/aromatic N) is 1. The van der Waals surface area contributed by atoms with Crippen LogP contribution in [-0.2, 0) is 10.0 Å². The molecule has 1 aromatic carbocycles. The van der Waals surface area contributed by atoms with Crippen molar-refractivity contribution in [1.82, 2.24) is 14.3 Å². The first-order valence-corrected chi connectivity index (χ1v) is 7.82. The molecule has 1 aromatic heterocycles. The molecule has 2 rings (SSSR count). The number of H-pyrrole nitrogens is 2. The molecule has 0 fully saturated rings. The number of aromatic nitrogens is 2. The molecule has 0 unspecified atom stereocenters. The lowest BCUT2D eigenvalue weighted by molar-refractivity contribution is 0.102. The summed E-state index contributed by atoms with van der Waals surface area (Å²) in [6.45, 7) is 0. The smallest absolute Gasteiger partial charge is 0.308 e. The largest absolute Gasteiger partial charge is 0.327 e. The van der Waals surface area contributed by atoms with Crippen LogP contribution in [0.25, 0.3) is 0 Å². The van der Waals surface area contributed by atoms with Gasteiger partial charge in [-0.25, -0.2) is 17.5 Å². The normalized spacial score (nSPS) is 11.4. The van der Waals surface area contributed by atoms with E-state index < -0.39 is 27.2 Å². The zero-order valence-electron chi connectivity index (χ0n) is 12.3. The number of hydrogen-bond acceptors (Lipinski definition) is 5. The SMILES string of the molecule is CN(C)S(=O)(=O)c1ccc(C(=O)Nc2cc(=O)[nH]c(=O)[nH]2)cc1. The zero-order chi connectivity index (χ0) is 17.2. The fourth-order valence-electron chi connectivity index (χ4n) is 1.72. The number of benzene rings is 1. The van der Waals surface area contributed by atoms with Crippen molar-refractivity contribution in [3.05, 3.63) is 56.7 Å². The minimum absolute atomic E-state index is 0.0450. The minimum Gasteiger partial charge on any atom is -0.308 e. The molecular formula is C13H14N4O5S. The molecule has 1 heterocycles. The first kappa shape index (κ1) is 16.6. The topological polar surface area (TPSA) is 132 Å². The Kier molecular flexibility index (Phi) is 4.48. The van der Waals surface area contributed by atoms with E-state index in [1.807, 2.05) is 4.98 Å². The zero-order valence-corrected chi connectivity index (χ0v) is 13.1. The lowest BCUT2D eigenvalue weighted by Crippen LogP contribution is -2.25. The molecule has 23 heavy (non-hydrogen) atoms. The van der Waals surface area contributed by atoms with Crippen molar-refractivity contribution in [1.29, 1.82) is 0 Å². The first-order valence-electron chi connectivity index (χ1n) is 6.38. The van der Waals surface area contributed by atoms with Gasteiger partial charge in [0, 0.05) is 25.7 Å². The van der Waals surface area contributed by atoms with E-state index in [1.54, 1.807) is 0 Å². The summed E-state index contributed by atoms with van der Waals surface area (Å²) in [7, 11) is -0.777. The number of amides is 1. The summed E-state index contributed by atoms with van der Waals surface area (Å²) in [5.41, 5.74) is -1.24. The number of carbonyl (C=O) groups excluding carboxylic acids is 1. The van der Waals surface area contributed by atoms with Crippen LogP contribution < -0.4 is 16.6 Å². The third-order valence-corrected chi connectivity index (χ3v) is 4.73. The highest BCUT2D eigenvalue weighted by Gasteiger charge is 2.17. The average Bonchev–Trinajstić information content (AvgIpc) is 2.46. The molecule has 0 bridgehead atoms. The van der Waals surface area contributed by atoms with Crippen LogP contribution in [0.15, 0.2) is 44.8 Å². The quantitative estimate of drug-likeness (QED) is 0.695. The number of hydrogen-bond donors (Lipinski definition) is 3. The molecule has 1 amide bonds. The second-order valence-corrected chi connectivity index (χ2v) is 6.92. The summed E-state index contributed by atoms with van der Waals surface area (Å²) in [5.74, 6) is -0.659. The van der Waals surface area contributed by atoms with Crippen LogP contribution in [0, 0.1) is 0 Å². The van der Waals surface area contributed by atoms with Crippen molar-refractivity contribution in [3.8, 4) is 0 Å². The molecule has 0 saturated heterocycles. The van der Waals surface area contributed by atoms with Gasteiger partial charge in [-0.1, -0.05) is 0 Å². The fourth-order valence-corrected chi connectivity index (χ4v) is 2.62. The van der Waals surface area contributed by atoms with Crippen molar-refractivity contribution in [3.63, 3.8) is 0 Å². The molecular weight excluding hydrogens is 324 g/mol. The average molecular weight is 338 g/mol. The molecule has 0 radical (unpaired) electrons. The molecule has 0 aliphatic heterocycles. The van der Waals surface area contributed by atoms with Crippen molar-refractivity contribution in [2.45, 2.75) is 4.90 Å². The maximum atomic E-state index is 12.0. The van der Waals surface area contributed by atoms with Gasteiger partial charge in [0.2, 0.25) is 10.0 Å². The second kappa shape index (κ2) is 6.18. The van der Waals surface area contributed by atoms with E-state index in [4.69, 9.17) is 0 Å². The summed E-state index contributed by atoms with van der Waals surface area (Å²) in [4.78, 5) is 38.6. The van der Waals surface area contributed by atoms with Gasteiger partial charge in [0.05, 0.1) is 4.90 Å². The van der Waals surface area contributed by atoms with Gasteiger partial charge in [-0.15, -0.1) is 0 Å². The van der Waals surface area contributed by atoms with Gasteiger partial charge in [-0.05, 0) is 24.3 Å². The van der Waals surface area contributed by atoms with Gasteiger partial charge >= 0.3 is 5.69 Å². The van der Waals surface area contributed by atoms with Gasteiger partial charge in [-0.2, -0.15) is 0 Å². The second-order valence-electron chi connectivity index (χ2n) is 4.77. The number of nitrogens with one attached hydrogen (secondary N) is 3. The van der Waals surface area contributed by atoms with E-state index in [9.17, 15) is 22.8 Å². The number of sulfonamides is 1. The van der Waals surface area contributed by atoms with E-state index in [0.29, 0.717) is 0 Å². The molecule has 122 valence electrons. The Bertz CT molecular complexity index is 913. The maximum absolute atomic E-state index is 12.0. The highest BCUT2D eigenvalue weighted by Crippen LogP contribution is 2.14. The lowest BCUT2D eigenvalue weighted by atomic mass is 10.2. The molecule has 3 N–H and O–H groups in total. The van der Waals surface area contributed by atoms with Crippen molar-refractivity contribution >= 4 is 21.7 Å². The highest BCUT2D eigenvalue weighted by atomic mass is 32.2. The van der Waals surface area contributed by atoms with Crippen molar-refractivity contribution in [2.24, 2.45) is 0 Å². The molecule has 0 saturated carbocycles.